The molecule has 54 heavy (non-hydrogen) atoms. The highest BCUT2D eigenvalue weighted by Gasteiger charge is 2.25. The summed E-state index contributed by atoms with van der Waals surface area (Å²) in [7, 11) is 0. The Labute approximate surface area is 336 Å². The number of benzene rings is 2. The SMILES string of the molecule is CCC1COc2cc(C(=O)CCc3c(C)cc(C)[nH]c3=O)cc(Br)c2O1.CCC1COc2cc(C(=O)O)cc(Br)c2O1.Cc1cc(C)c(CN)c(=O)[nH]1.Cl. The van der Waals surface area contributed by atoms with Crippen molar-refractivity contribution in [3.05, 3.63) is 111 Å². The van der Waals surface area contributed by atoms with E-state index >= 15 is 0 Å². The van der Waals surface area contributed by atoms with E-state index in [0.717, 1.165) is 35.4 Å². The highest BCUT2D eigenvalue weighted by atomic mass is 79.9. The van der Waals surface area contributed by atoms with Crippen molar-refractivity contribution in [1.82, 2.24) is 9.97 Å². The number of aromatic amines is 2. The lowest BCUT2D eigenvalue weighted by atomic mass is 10.00. The number of carbonyl (C=O) groups excluding carboxylic acids is 1. The number of ether oxygens (including phenoxy) is 4. The second-order valence-electron chi connectivity index (χ2n) is 12.8. The number of aromatic nitrogens is 2. The Morgan fingerprint density at radius 1 is 0.759 bits per heavy atom. The van der Waals surface area contributed by atoms with Crippen molar-refractivity contribution >= 4 is 56.0 Å². The van der Waals surface area contributed by atoms with Crippen LogP contribution in [0.3, 0.4) is 0 Å². The molecular formula is C39H46Br2ClN3O9. The Morgan fingerprint density at radius 3 is 1.63 bits per heavy atom. The fourth-order valence-electron chi connectivity index (χ4n) is 5.74. The first-order valence-corrected chi connectivity index (χ1v) is 18.8. The zero-order chi connectivity index (χ0) is 39.0. The number of carboxylic acid groups (broad SMARTS) is 1. The molecule has 4 heterocycles. The zero-order valence-electron chi connectivity index (χ0n) is 31.0. The fraction of sp³-hybridized carbons (Fsp3) is 0.385. The minimum absolute atomic E-state index is 0. The van der Waals surface area contributed by atoms with Crippen LogP contribution in [0.15, 0.2) is 54.9 Å². The predicted octanol–water partition coefficient (Wildman–Crippen LogP) is 7.69. The van der Waals surface area contributed by atoms with E-state index in [1.165, 1.54) is 12.1 Å². The van der Waals surface area contributed by atoms with E-state index in [2.05, 4.69) is 41.8 Å². The van der Waals surface area contributed by atoms with Gasteiger partial charge in [0.25, 0.3) is 11.1 Å². The van der Waals surface area contributed by atoms with Crippen LogP contribution >= 0.6 is 44.3 Å². The summed E-state index contributed by atoms with van der Waals surface area (Å²) in [6, 6.07) is 10.3. The van der Waals surface area contributed by atoms with E-state index in [1.54, 1.807) is 12.1 Å². The number of nitrogens with two attached hydrogens (primary N) is 1. The van der Waals surface area contributed by atoms with Gasteiger partial charge in [-0.1, -0.05) is 13.8 Å². The van der Waals surface area contributed by atoms with E-state index in [4.69, 9.17) is 29.8 Å². The van der Waals surface area contributed by atoms with Gasteiger partial charge in [0.1, 0.15) is 25.4 Å². The average Bonchev–Trinajstić information content (AvgIpc) is 3.11. The molecule has 0 amide bonds. The molecule has 0 saturated heterocycles. The van der Waals surface area contributed by atoms with Gasteiger partial charge in [0.15, 0.2) is 28.8 Å². The van der Waals surface area contributed by atoms with E-state index < -0.39 is 5.97 Å². The lowest BCUT2D eigenvalue weighted by Gasteiger charge is -2.27. The van der Waals surface area contributed by atoms with E-state index in [0.29, 0.717) is 74.8 Å². The van der Waals surface area contributed by atoms with Crippen molar-refractivity contribution in [3.8, 4) is 23.0 Å². The summed E-state index contributed by atoms with van der Waals surface area (Å²) < 4.78 is 24.1. The number of rotatable bonds is 8. The number of fused-ring (bicyclic) bond motifs is 2. The number of aromatic carboxylic acids is 1. The largest absolute Gasteiger partial charge is 0.486 e. The van der Waals surface area contributed by atoms with Crippen LogP contribution in [-0.2, 0) is 13.0 Å². The smallest absolute Gasteiger partial charge is 0.335 e. The average molecular weight is 896 g/mol. The highest BCUT2D eigenvalue weighted by molar-refractivity contribution is 9.11. The molecule has 0 bridgehead atoms. The summed E-state index contributed by atoms with van der Waals surface area (Å²) >= 11 is 6.76. The minimum Gasteiger partial charge on any atom is -0.486 e. The van der Waals surface area contributed by atoms with Gasteiger partial charge in [-0.3, -0.25) is 14.4 Å². The molecule has 2 unspecified atom stereocenters. The van der Waals surface area contributed by atoms with Crippen LogP contribution in [0.5, 0.6) is 23.0 Å². The lowest BCUT2D eigenvalue weighted by Crippen LogP contribution is -2.28. The van der Waals surface area contributed by atoms with E-state index in [9.17, 15) is 19.2 Å². The van der Waals surface area contributed by atoms with E-state index in [1.807, 2.05) is 53.7 Å². The molecule has 2 aliphatic heterocycles. The van der Waals surface area contributed by atoms with Crippen LogP contribution in [-0.4, -0.2) is 52.2 Å². The summed E-state index contributed by atoms with van der Waals surface area (Å²) in [5.74, 6) is 1.28. The van der Waals surface area contributed by atoms with Crippen LogP contribution in [0, 0.1) is 27.7 Å². The first kappa shape index (κ1) is 44.3. The third-order valence-corrected chi connectivity index (χ3v) is 9.89. The van der Waals surface area contributed by atoms with Gasteiger partial charge in [0, 0.05) is 41.0 Å². The molecule has 12 nitrogen and oxygen atoms in total. The summed E-state index contributed by atoms with van der Waals surface area (Å²) in [5, 5.41) is 8.89. The molecule has 292 valence electrons. The molecule has 2 aromatic heterocycles. The Balaban J connectivity index is 0.000000238. The topological polar surface area (TPSA) is 183 Å². The molecule has 0 spiro atoms. The second-order valence-corrected chi connectivity index (χ2v) is 14.5. The number of halogens is 3. The number of hydrogen-bond donors (Lipinski definition) is 4. The second kappa shape index (κ2) is 20.0. The molecule has 4 aromatic rings. The van der Waals surface area contributed by atoms with Crippen molar-refractivity contribution in [2.75, 3.05) is 13.2 Å². The van der Waals surface area contributed by atoms with Crippen LogP contribution in [0.1, 0.15) is 87.5 Å². The van der Waals surface area contributed by atoms with Gasteiger partial charge < -0.3 is 39.8 Å². The molecule has 2 aromatic carbocycles. The normalized spacial score (nSPS) is 15.1. The number of carbonyl (C=O) groups is 2. The first-order valence-electron chi connectivity index (χ1n) is 17.3. The first-order chi connectivity index (χ1) is 25.1. The number of ketones is 1. The number of nitrogens with one attached hydrogen (secondary N) is 2. The van der Waals surface area contributed by atoms with Crippen molar-refractivity contribution in [2.24, 2.45) is 5.73 Å². The molecule has 2 atom stereocenters. The Morgan fingerprint density at radius 2 is 1.20 bits per heavy atom. The summed E-state index contributed by atoms with van der Waals surface area (Å²) in [5.41, 5.74) is 10.8. The fourth-order valence-corrected chi connectivity index (χ4v) is 6.81. The number of H-pyrrole nitrogens is 2. The van der Waals surface area contributed by atoms with Gasteiger partial charge in [-0.15, -0.1) is 12.4 Å². The van der Waals surface area contributed by atoms with Crippen molar-refractivity contribution < 1.29 is 33.6 Å². The zero-order valence-corrected chi connectivity index (χ0v) is 35.0. The van der Waals surface area contributed by atoms with Crippen LogP contribution in [0.25, 0.3) is 0 Å². The summed E-state index contributed by atoms with van der Waals surface area (Å²) in [4.78, 5) is 52.2. The molecule has 0 fully saturated rings. The number of aryl methyl sites for hydroxylation is 4. The van der Waals surface area contributed by atoms with Crippen LogP contribution in [0.2, 0.25) is 0 Å². The molecule has 2 aliphatic rings. The van der Waals surface area contributed by atoms with Crippen LogP contribution < -0.4 is 35.8 Å². The molecule has 6 rings (SSSR count). The minimum atomic E-state index is -0.982. The van der Waals surface area contributed by atoms with Gasteiger partial charge in [0.05, 0.1) is 14.5 Å². The van der Waals surface area contributed by atoms with Gasteiger partial charge in [-0.05, 0) is 126 Å². The Hall–Kier alpha value is -4.11. The highest BCUT2D eigenvalue weighted by Crippen LogP contribution is 2.41. The monoisotopic (exact) mass is 893 g/mol. The van der Waals surface area contributed by atoms with Gasteiger partial charge in [-0.2, -0.15) is 0 Å². The molecule has 15 heteroatoms. The molecule has 0 radical (unpaired) electrons. The lowest BCUT2D eigenvalue weighted by molar-refractivity contribution is 0.0691. The molecule has 5 N–H and O–H groups in total. The number of hydrogen-bond acceptors (Lipinski definition) is 9. The van der Waals surface area contributed by atoms with Crippen molar-refractivity contribution in [1.29, 1.82) is 0 Å². The molecular weight excluding hydrogens is 850 g/mol. The summed E-state index contributed by atoms with van der Waals surface area (Å²) in [6.07, 6.45) is 2.43. The summed E-state index contributed by atoms with van der Waals surface area (Å²) in [6.45, 7) is 12.8. The standard InChI is InChI=1S/C20H22BrNO4.C11H11BrO4.C8H12N2O.ClH/c1-4-14-10-25-18-9-13(8-16(21)19(18)26-14)17(23)6-5-15-11(2)7-12(3)22-20(15)24;1-2-7-5-15-9-4-6(11(13)14)3-8(12)10(9)16-7;1-5-3-6(2)10-8(11)7(5)4-9;/h7-9,14H,4-6,10H2,1-3H3,(H,22,24);3-4,7H,2,5H2,1H3,(H,13,14);3H,4,9H2,1-2H3,(H,10,11);1H. The van der Waals surface area contributed by atoms with Crippen molar-refractivity contribution in [3.63, 3.8) is 0 Å². The number of pyridine rings is 2. The van der Waals surface area contributed by atoms with Gasteiger partial charge >= 0.3 is 5.97 Å². The quantitative estimate of drug-likeness (QED) is 0.128. The maximum atomic E-state index is 12.6. The maximum Gasteiger partial charge on any atom is 0.335 e. The number of carboxylic acids is 1. The third-order valence-electron chi connectivity index (χ3n) is 8.71. The van der Waals surface area contributed by atoms with Gasteiger partial charge in [0.2, 0.25) is 0 Å². The van der Waals surface area contributed by atoms with E-state index in [-0.39, 0.29) is 53.5 Å². The third kappa shape index (κ3) is 11.2. The predicted molar refractivity (Wildman–Crippen MR) is 217 cm³/mol. The van der Waals surface area contributed by atoms with Crippen LogP contribution in [0.4, 0.5) is 0 Å². The maximum absolute atomic E-state index is 12.6. The van der Waals surface area contributed by atoms with Crippen molar-refractivity contribution in [2.45, 2.75) is 86.0 Å². The Kier molecular flexibility index (Phi) is 16.4. The number of Topliss-reactive ketones (excluding diaryl/α,β-unsaturated/α-hetero) is 1. The Bertz CT molecular complexity index is 2100. The van der Waals surface area contributed by atoms with Gasteiger partial charge in [-0.25, -0.2) is 4.79 Å². The molecule has 0 aliphatic carbocycles. The molecule has 0 saturated carbocycles.